The van der Waals surface area contributed by atoms with Gasteiger partial charge in [0.05, 0.1) is 13.2 Å². The van der Waals surface area contributed by atoms with Crippen molar-refractivity contribution in [3.05, 3.63) is 24.4 Å². The lowest BCUT2D eigenvalue weighted by Gasteiger charge is -2.33. The van der Waals surface area contributed by atoms with Gasteiger partial charge in [0.2, 0.25) is 5.91 Å². The molecule has 2 heterocycles. The Kier molecular flexibility index (Phi) is 5.13. The van der Waals surface area contributed by atoms with Crippen LogP contribution in [0.4, 0.5) is 5.82 Å². The molecule has 0 aromatic carbocycles. The van der Waals surface area contributed by atoms with Crippen LogP contribution in [0.1, 0.15) is 32.6 Å². The molecule has 2 amide bonds. The second-order valence-corrected chi connectivity index (χ2v) is 6.62. The van der Waals surface area contributed by atoms with Crippen molar-refractivity contribution in [3.63, 3.8) is 0 Å². The SMILES string of the molecule is COCCN1C(=O)C2(CCC(C(=O)Nc3ccccn3)CC2)N=C1C. The summed E-state index contributed by atoms with van der Waals surface area (Å²) in [7, 11) is 1.62. The first-order valence-electron chi connectivity index (χ1n) is 8.65. The highest BCUT2D eigenvalue weighted by Crippen LogP contribution is 2.40. The van der Waals surface area contributed by atoms with Crippen molar-refractivity contribution in [2.45, 2.75) is 38.1 Å². The van der Waals surface area contributed by atoms with Crippen LogP contribution in [0.2, 0.25) is 0 Å². The predicted molar refractivity (Wildman–Crippen MR) is 94.3 cm³/mol. The summed E-state index contributed by atoms with van der Waals surface area (Å²) in [4.78, 5) is 35.7. The number of carbonyl (C=O) groups is 2. The molecule has 1 aromatic heterocycles. The predicted octanol–water partition coefficient (Wildman–Crippen LogP) is 1.86. The Hall–Kier alpha value is -2.28. The first-order valence-corrected chi connectivity index (χ1v) is 8.65. The number of hydrogen-bond donors (Lipinski definition) is 1. The van der Waals surface area contributed by atoms with Crippen LogP contribution < -0.4 is 5.32 Å². The Balaban J connectivity index is 1.60. The van der Waals surface area contributed by atoms with Crippen molar-refractivity contribution in [2.24, 2.45) is 10.9 Å². The van der Waals surface area contributed by atoms with Gasteiger partial charge >= 0.3 is 0 Å². The molecule has 7 heteroatoms. The number of aromatic nitrogens is 1. The number of amides is 2. The van der Waals surface area contributed by atoms with Gasteiger partial charge < -0.3 is 10.1 Å². The maximum absolute atomic E-state index is 12.8. The normalized spacial score (nSPS) is 26.0. The molecule has 1 spiro atoms. The quantitative estimate of drug-likeness (QED) is 0.883. The molecule has 25 heavy (non-hydrogen) atoms. The van der Waals surface area contributed by atoms with E-state index in [1.807, 2.05) is 13.0 Å². The van der Waals surface area contributed by atoms with Crippen LogP contribution in [-0.4, -0.2) is 53.3 Å². The molecule has 1 aromatic rings. The van der Waals surface area contributed by atoms with Gasteiger partial charge in [0.15, 0.2) is 0 Å². The monoisotopic (exact) mass is 344 g/mol. The zero-order valence-electron chi connectivity index (χ0n) is 14.7. The molecule has 1 N–H and O–H groups in total. The van der Waals surface area contributed by atoms with E-state index in [-0.39, 0.29) is 17.7 Å². The number of hydrogen-bond acceptors (Lipinski definition) is 5. The van der Waals surface area contributed by atoms with E-state index < -0.39 is 5.54 Å². The molecule has 0 saturated heterocycles. The molecule has 0 unspecified atom stereocenters. The van der Waals surface area contributed by atoms with E-state index in [1.54, 1.807) is 30.3 Å². The molecular weight excluding hydrogens is 320 g/mol. The van der Waals surface area contributed by atoms with Gasteiger partial charge in [-0.05, 0) is 44.7 Å². The fourth-order valence-electron chi connectivity index (χ4n) is 3.61. The molecular formula is C18H24N4O3. The second kappa shape index (κ2) is 7.31. The van der Waals surface area contributed by atoms with Crippen molar-refractivity contribution < 1.29 is 14.3 Å². The van der Waals surface area contributed by atoms with Crippen LogP contribution in [0, 0.1) is 5.92 Å². The summed E-state index contributed by atoms with van der Waals surface area (Å²) >= 11 is 0. The maximum Gasteiger partial charge on any atom is 0.255 e. The largest absolute Gasteiger partial charge is 0.383 e. The Morgan fingerprint density at radius 2 is 2.16 bits per heavy atom. The summed E-state index contributed by atoms with van der Waals surface area (Å²) in [6.45, 7) is 2.88. The summed E-state index contributed by atoms with van der Waals surface area (Å²) in [5.41, 5.74) is -0.681. The summed E-state index contributed by atoms with van der Waals surface area (Å²) < 4.78 is 5.07. The van der Waals surface area contributed by atoms with Crippen LogP contribution in [0.5, 0.6) is 0 Å². The molecule has 2 aliphatic rings. The van der Waals surface area contributed by atoms with Crippen molar-refractivity contribution in [1.82, 2.24) is 9.88 Å². The number of rotatable bonds is 5. The number of pyridine rings is 1. The van der Waals surface area contributed by atoms with Crippen LogP contribution in [0.25, 0.3) is 0 Å². The van der Waals surface area contributed by atoms with Gasteiger partial charge in [0, 0.05) is 19.2 Å². The lowest BCUT2D eigenvalue weighted by atomic mass is 9.76. The number of amidine groups is 1. The first-order chi connectivity index (χ1) is 12.1. The molecule has 134 valence electrons. The summed E-state index contributed by atoms with van der Waals surface area (Å²) in [6.07, 6.45) is 4.16. The minimum Gasteiger partial charge on any atom is -0.383 e. The zero-order chi connectivity index (χ0) is 17.9. The lowest BCUT2D eigenvalue weighted by Crippen LogP contribution is -2.46. The van der Waals surface area contributed by atoms with E-state index in [1.165, 1.54) is 0 Å². The molecule has 0 atom stereocenters. The van der Waals surface area contributed by atoms with Crippen LogP contribution >= 0.6 is 0 Å². The minimum absolute atomic E-state index is 0.0315. The smallest absolute Gasteiger partial charge is 0.255 e. The van der Waals surface area contributed by atoms with Crippen LogP contribution in [0.3, 0.4) is 0 Å². The van der Waals surface area contributed by atoms with E-state index >= 15 is 0 Å². The van der Waals surface area contributed by atoms with E-state index in [2.05, 4.69) is 15.3 Å². The van der Waals surface area contributed by atoms with E-state index in [0.717, 1.165) is 5.84 Å². The third-order valence-electron chi connectivity index (χ3n) is 5.03. The van der Waals surface area contributed by atoms with Gasteiger partial charge in [-0.3, -0.25) is 19.5 Å². The number of ether oxygens (including phenoxy) is 1. The van der Waals surface area contributed by atoms with Gasteiger partial charge in [-0.2, -0.15) is 0 Å². The second-order valence-electron chi connectivity index (χ2n) is 6.62. The molecule has 0 bridgehead atoms. The standard InChI is InChI=1S/C18H24N4O3/c1-13-21-18(17(24)22(13)11-12-25-2)8-6-14(7-9-18)16(23)20-15-5-3-4-10-19-15/h3-5,10,14H,6-9,11-12H2,1-2H3,(H,19,20,23). The molecule has 0 radical (unpaired) electrons. The maximum atomic E-state index is 12.8. The van der Waals surface area contributed by atoms with Gasteiger partial charge in [0.25, 0.3) is 5.91 Å². The highest BCUT2D eigenvalue weighted by atomic mass is 16.5. The third-order valence-corrected chi connectivity index (χ3v) is 5.03. The zero-order valence-corrected chi connectivity index (χ0v) is 14.7. The number of aliphatic imine (C=N–C) groups is 1. The van der Waals surface area contributed by atoms with E-state index in [0.29, 0.717) is 44.7 Å². The molecule has 1 saturated carbocycles. The van der Waals surface area contributed by atoms with Gasteiger partial charge in [-0.1, -0.05) is 6.07 Å². The Morgan fingerprint density at radius 3 is 2.80 bits per heavy atom. The van der Waals surface area contributed by atoms with E-state index in [9.17, 15) is 9.59 Å². The van der Waals surface area contributed by atoms with Crippen molar-refractivity contribution in [3.8, 4) is 0 Å². The number of nitrogens with one attached hydrogen (secondary N) is 1. The number of anilines is 1. The Morgan fingerprint density at radius 1 is 1.40 bits per heavy atom. The average molecular weight is 344 g/mol. The number of methoxy groups -OCH3 is 1. The molecule has 1 fully saturated rings. The van der Waals surface area contributed by atoms with E-state index in [4.69, 9.17) is 4.74 Å². The molecule has 1 aliphatic heterocycles. The van der Waals surface area contributed by atoms with Gasteiger partial charge in [-0.15, -0.1) is 0 Å². The fourth-order valence-corrected chi connectivity index (χ4v) is 3.61. The van der Waals surface area contributed by atoms with Crippen molar-refractivity contribution in [1.29, 1.82) is 0 Å². The topological polar surface area (TPSA) is 83.9 Å². The summed E-state index contributed by atoms with van der Waals surface area (Å²) in [6, 6.07) is 5.41. The molecule has 1 aliphatic carbocycles. The van der Waals surface area contributed by atoms with Crippen molar-refractivity contribution in [2.75, 3.05) is 25.6 Å². The third kappa shape index (κ3) is 3.56. The Bertz CT molecular complexity index is 666. The average Bonchev–Trinajstić information content (AvgIpc) is 2.84. The highest BCUT2D eigenvalue weighted by molar-refractivity contribution is 6.07. The number of nitrogens with zero attached hydrogens (tertiary/aromatic N) is 3. The fraction of sp³-hybridized carbons (Fsp3) is 0.556. The van der Waals surface area contributed by atoms with Crippen molar-refractivity contribution >= 4 is 23.5 Å². The Labute approximate surface area is 147 Å². The molecule has 3 rings (SSSR count). The summed E-state index contributed by atoms with van der Waals surface area (Å²) in [5.74, 6) is 1.22. The minimum atomic E-state index is -0.681. The van der Waals surface area contributed by atoms with Gasteiger partial charge in [0.1, 0.15) is 17.2 Å². The number of carbonyl (C=O) groups excluding carboxylic acids is 2. The summed E-state index contributed by atoms with van der Waals surface area (Å²) in [5, 5.41) is 2.85. The van der Waals surface area contributed by atoms with Gasteiger partial charge in [-0.25, -0.2) is 4.98 Å². The van der Waals surface area contributed by atoms with Crippen LogP contribution in [0.15, 0.2) is 29.4 Å². The first kappa shape index (κ1) is 17.5. The van der Waals surface area contributed by atoms with Crippen LogP contribution in [-0.2, 0) is 14.3 Å². The highest BCUT2D eigenvalue weighted by Gasteiger charge is 2.49. The molecule has 7 nitrogen and oxygen atoms in total. The lowest BCUT2D eigenvalue weighted by molar-refractivity contribution is -0.134.